The van der Waals surface area contributed by atoms with Gasteiger partial charge in [0.1, 0.15) is 0 Å². The molecule has 98 valence electrons. The summed E-state index contributed by atoms with van der Waals surface area (Å²) in [6.07, 6.45) is 1.04. The van der Waals surface area contributed by atoms with E-state index in [0.29, 0.717) is 5.92 Å². The molecular formula is C15H22N2O. The Kier molecular flexibility index (Phi) is 3.44. The van der Waals surface area contributed by atoms with Crippen LogP contribution in [-0.4, -0.2) is 5.91 Å². The molecule has 1 aromatic carbocycles. The molecule has 1 aliphatic heterocycles. The summed E-state index contributed by atoms with van der Waals surface area (Å²) >= 11 is 0. The van der Waals surface area contributed by atoms with E-state index in [1.807, 2.05) is 6.92 Å². The van der Waals surface area contributed by atoms with Gasteiger partial charge in [0, 0.05) is 11.7 Å². The van der Waals surface area contributed by atoms with E-state index < -0.39 is 0 Å². The van der Waals surface area contributed by atoms with Gasteiger partial charge < -0.3 is 11.1 Å². The number of carbonyl (C=O) groups is 1. The van der Waals surface area contributed by atoms with E-state index in [2.05, 4.69) is 38.2 Å². The highest BCUT2D eigenvalue weighted by Crippen LogP contribution is 2.39. The van der Waals surface area contributed by atoms with Crippen LogP contribution in [0.1, 0.15) is 55.8 Å². The first-order valence-electron chi connectivity index (χ1n) is 6.66. The zero-order valence-corrected chi connectivity index (χ0v) is 11.6. The van der Waals surface area contributed by atoms with E-state index >= 15 is 0 Å². The van der Waals surface area contributed by atoms with Crippen molar-refractivity contribution >= 4 is 11.6 Å². The average molecular weight is 246 g/mol. The number of nitrogens with one attached hydrogen (secondary N) is 1. The van der Waals surface area contributed by atoms with Crippen LogP contribution < -0.4 is 11.1 Å². The second-order valence-corrected chi connectivity index (χ2v) is 5.44. The number of nitrogens with two attached hydrogens (primary N) is 1. The van der Waals surface area contributed by atoms with Crippen LogP contribution >= 0.6 is 0 Å². The van der Waals surface area contributed by atoms with Crippen molar-refractivity contribution in [1.82, 2.24) is 0 Å². The topological polar surface area (TPSA) is 55.1 Å². The Morgan fingerprint density at radius 1 is 1.44 bits per heavy atom. The first-order valence-corrected chi connectivity index (χ1v) is 6.66. The molecule has 0 bridgehead atoms. The van der Waals surface area contributed by atoms with Gasteiger partial charge in [0.25, 0.3) is 0 Å². The predicted octanol–water partition coefficient (Wildman–Crippen LogP) is 3.10. The summed E-state index contributed by atoms with van der Waals surface area (Å²) < 4.78 is 0. The quantitative estimate of drug-likeness (QED) is 0.861. The Bertz CT molecular complexity index is 482. The van der Waals surface area contributed by atoms with Gasteiger partial charge in [-0.15, -0.1) is 0 Å². The minimum absolute atomic E-state index is 0.0192. The Hall–Kier alpha value is -1.35. The second kappa shape index (κ2) is 4.73. The molecule has 3 atom stereocenters. The van der Waals surface area contributed by atoms with Gasteiger partial charge in [-0.1, -0.05) is 38.0 Å². The largest absolute Gasteiger partial charge is 0.325 e. The number of carbonyl (C=O) groups excluding carboxylic acids is 1. The van der Waals surface area contributed by atoms with Crippen LogP contribution in [0.25, 0.3) is 0 Å². The normalized spacial score (nSPS) is 21.4. The molecule has 3 heteroatoms. The fourth-order valence-corrected chi connectivity index (χ4v) is 2.53. The zero-order valence-electron chi connectivity index (χ0n) is 11.6. The van der Waals surface area contributed by atoms with E-state index in [4.69, 9.17) is 5.73 Å². The predicted molar refractivity (Wildman–Crippen MR) is 74.6 cm³/mol. The Labute approximate surface area is 109 Å². The SMILES string of the molecule is CCC(C)C(N)c1cc(C)cc2c1NC(=O)C2C. The molecule has 0 spiro atoms. The summed E-state index contributed by atoms with van der Waals surface area (Å²) in [6.45, 7) is 8.29. The molecule has 1 amide bonds. The molecule has 0 fully saturated rings. The summed E-state index contributed by atoms with van der Waals surface area (Å²) in [6, 6.07) is 4.17. The Balaban J connectivity index is 2.50. The van der Waals surface area contributed by atoms with Crippen molar-refractivity contribution in [2.75, 3.05) is 5.32 Å². The highest BCUT2D eigenvalue weighted by atomic mass is 16.2. The van der Waals surface area contributed by atoms with E-state index in [1.54, 1.807) is 0 Å². The molecule has 1 aliphatic rings. The van der Waals surface area contributed by atoms with Gasteiger partial charge in [0.05, 0.1) is 5.92 Å². The maximum absolute atomic E-state index is 11.8. The van der Waals surface area contributed by atoms with Crippen LogP contribution in [-0.2, 0) is 4.79 Å². The number of aryl methyl sites for hydroxylation is 1. The molecule has 3 N–H and O–H groups in total. The third-order valence-electron chi connectivity index (χ3n) is 4.07. The van der Waals surface area contributed by atoms with Crippen molar-refractivity contribution in [3.05, 3.63) is 28.8 Å². The number of benzene rings is 1. The molecule has 0 aromatic heterocycles. The lowest BCUT2D eigenvalue weighted by molar-refractivity contribution is -0.116. The monoisotopic (exact) mass is 246 g/mol. The molecule has 0 aliphatic carbocycles. The lowest BCUT2D eigenvalue weighted by atomic mass is 9.88. The molecule has 18 heavy (non-hydrogen) atoms. The number of hydrogen-bond donors (Lipinski definition) is 2. The minimum atomic E-state index is -0.0669. The first-order chi connectivity index (χ1) is 8.45. The maximum atomic E-state index is 11.8. The summed E-state index contributed by atoms with van der Waals surface area (Å²) in [5.41, 5.74) is 10.6. The van der Waals surface area contributed by atoms with Gasteiger partial charge in [-0.3, -0.25) is 4.79 Å². The number of anilines is 1. The van der Waals surface area contributed by atoms with E-state index in [-0.39, 0.29) is 17.9 Å². The van der Waals surface area contributed by atoms with Gasteiger partial charge in [-0.05, 0) is 30.9 Å². The minimum Gasteiger partial charge on any atom is -0.325 e. The van der Waals surface area contributed by atoms with Gasteiger partial charge >= 0.3 is 0 Å². The van der Waals surface area contributed by atoms with Crippen LogP contribution in [0.2, 0.25) is 0 Å². The van der Waals surface area contributed by atoms with Crippen molar-refractivity contribution in [2.45, 2.75) is 46.1 Å². The van der Waals surface area contributed by atoms with Crippen LogP contribution in [0.3, 0.4) is 0 Å². The molecule has 0 radical (unpaired) electrons. The highest BCUT2D eigenvalue weighted by molar-refractivity contribution is 6.03. The zero-order chi connectivity index (χ0) is 13.4. The van der Waals surface area contributed by atoms with Crippen LogP contribution in [0.15, 0.2) is 12.1 Å². The lowest BCUT2D eigenvalue weighted by Crippen LogP contribution is -2.20. The lowest BCUT2D eigenvalue weighted by Gasteiger charge is -2.22. The maximum Gasteiger partial charge on any atom is 0.231 e. The van der Waals surface area contributed by atoms with E-state index in [1.165, 1.54) is 5.56 Å². The molecular weight excluding hydrogens is 224 g/mol. The van der Waals surface area contributed by atoms with Crippen molar-refractivity contribution < 1.29 is 4.79 Å². The standard InChI is InChI=1S/C15H22N2O/c1-5-9(3)13(16)12-7-8(2)6-11-10(4)15(18)17-14(11)12/h6-7,9-10,13H,5,16H2,1-4H3,(H,17,18). The van der Waals surface area contributed by atoms with E-state index in [0.717, 1.165) is 23.2 Å². The molecule has 3 unspecified atom stereocenters. The summed E-state index contributed by atoms with van der Waals surface area (Å²) in [5, 5.41) is 2.98. The second-order valence-electron chi connectivity index (χ2n) is 5.44. The van der Waals surface area contributed by atoms with Crippen LogP contribution in [0.5, 0.6) is 0 Å². The molecule has 3 nitrogen and oxygen atoms in total. The fourth-order valence-electron chi connectivity index (χ4n) is 2.53. The molecule has 0 saturated carbocycles. The molecule has 1 heterocycles. The number of rotatable bonds is 3. The van der Waals surface area contributed by atoms with Crippen molar-refractivity contribution in [1.29, 1.82) is 0 Å². The molecule has 2 rings (SSSR count). The average Bonchev–Trinajstić information content (AvgIpc) is 2.63. The summed E-state index contributed by atoms with van der Waals surface area (Å²) in [5.74, 6) is 0.416. The third-order valence-corrected chi connectivity index (χ3v) is 4.07. The smallest absolute Gasteiger partial charge is 0.231 e. The molecule has 1 aromatic rings. The Morgan fingerprint density at radius 3 is 2.72 bits per heavy atom. The van der Waals surface area contributed by atoms with Crippen LogP contribution in [0.4, 0.5) is 5.69 Å². The first kappa shape index (κ1) is 13.1. The van der Waals surface area contributed by atoms with Gasteiger partial charge in [-0.2, -0.15) is 0 Å². The van der Waals surface area contributed by atoms with Gasteiger partial charge in [0.2, 0.25) is 5.91 Å². The number of fused-ring (bicyclic) bond motifs is 1. The van der Waals surface area contributed by atoms with Crippen molar-refractivity contribution in [3.63, 3.8) is 0 Å². The van der Waals surface area contributed by atoms with Crippen LogP contribution in [0, 0.1) is 12.8 Å². The van der Waals surface area contributed by atoms with Crippen molar-refractivity contribution in [3.8, 4) is 0 Å². The highest BCUT2D eigenvalue weighted by Gasteiger charge is 2.31. The Morgan fingerprint density at radius 2 is 2.11 bits per heavy atom. The van der Waals surface area contributed by atoms with Crippen molar-refractivity contribution in [2.24, 2.45) is 11.7 Å². The number of hydrogen-bond acceptors (Lipinski definition) is 2. The summed E-state index contributed by atoms with van der Waals surface area (Å²) in [7, 11) is 0. The van der Waals surface area contributed by atoms with Gasteiger partial charge in [-0.25, -0.2) is 0 Å². The van der Waals surface area contributed by atoms with E-state index in [9.17, 15) is 4.79 Å². The fraction of sp³-hybridized carbons (Fsp3) is 0.533. The number of amides is 1. The van der Waals surface area contributed by atoms with Gasteiger partial charge in [0.15, 0.2) is 0 Å². The third kappa shape index (κ3) is 2.03. The molecule has 0 saturated heterocycles. The summed E-state index contributed by atoms with van der Waals surface area (Å²) in [4.78, 5) is 11.8.